The van der Waals surface area contributed by atoms with E-state index in [0.717, 1.165) is 12.5 Å². The maximum Gasteiger partial charge on any atom is 0.336 e. The highest BCUT2D eigenvalue weighted by Crippen LogP contribution is 2.27. The van der Waals surface area contributed by atoms with Crippen molar-refractivity contribution in [1.82, 2.24) is 4.57 Å². The molecule has 1 aliphatic heterocycles. The lowest BCUT2D eigenvalue weighted by Gasteiger charge is -2.13. The van der Waals surface area contributed by atoms with Crippen LogP contribution in [0.2, 0.25) is 0 Å². The minimum Gasteiger partial charge on any atom is -0.507 e. The fourth-order valence-electron chi connectivity index (χ4n) is 3.25. The molecule has 32 heavy (non-hydrogen) atoms. The monoisotopic (exact) mass is 457 g/mol. The number of aryl methyl sites for hydroxylation is 1. The molecule has 10 heteroatoms. The number of anilines is 1. The third-order valence-electron chi connectivity index (χ3n) is 4.85. The fraction of sp³-hybridized carbons (Fsp3) is 0.227. The van der Waals surface area contributed by atoms with E-state index in [2.05, 4.69) is 23.6 Å². The van der Waals surface area contributed by atoms with Gasteiger partial charge in [0.15, 0.2) is 0 Å². The Balaban J connectivity index is 0.000000204. The number of sulfonamides is 1. The quantitative estimate of drug-likeness (QED) is 0.546. The number of aromatic hydroxyl groups is 1. The second-order valence-corrected chi connectivity index (χ2v) is 9.16. The minimum atomic E-state index is -3.44. The number of benzene rings is 2. The Morgan fingerprint density at radius 2 is 1.88 bits per heavy atom. The van der Waals surface area contributed by atoms with E-state index in [4.69, 9.17) is 0 Å². The number of carboxylic acid groups (broad SMARTS) is 1. The summed E-state index contributed by atoms with van der Waals surface area (Å²) in [5.74, 6) is -0.989. The van der Waals surface area contributed by atoms with E-state index in [1.165, 1.54) is 23.0 Å². The van der Waals surface area contributed by atoms with Crippen molar-refractivity contribution in [2.45, 2.75) is 31.7 Å². The van der Waals surface area contributed by atoms with Crippen molar-refractivity contribution in [2.24, 2.45) is 10.3 Å². The minimum absolute atomic E-state index is 0.00158. The van der Waals surface area contributed by atoms with Gasteiger partial charge in [-0.3, -0.25) is 4.79 Å². The van der Waals surface area contributed by atoms with Gasteiger partial charge in [-0.1, -0.05) is 32.0 Å². The lowest BCUT2D eigenvalue weighted by atomic mass is 10.1. The third kappa shape index (κ3) is 4.80. The van der Waals surface area contributed by atoms with Gasteiger partial charge in [0.25, 0.3) is 15.6 Å². The normalized spacial score (nSPS) is 13.7. The molecule has 2 heterocycles. The number of nitrogens with zero attached hydrogens (tertiary/aromatic N) is 2. The van der Waals surface area contributed by atoms with Crippen LogP contribution in [-0.4, -0.2) is 35.5 Å². The molecular formula is C22H23N3O6S. The van der Waals surface area contributed by atoms with Crippen molar-refractivity contribution >= 4 is 38.9 Å². The highest BCUT2D eigenvalue weighted by atomic mass is 32.2. The number of aromatic carboxylic acids is 1. The van der Waals surface area contributed by atoms with Crippen LogP contribution in [0.5, 0.6) is 5.75 Å². The van der Waals surface area contributed by atoms with E-state index in [1.807, 2.05) is 0 Å². The first kappa shape index (κ1) is 23.0. The summed E-state index contributed by atoms with van der Waals surface area (Å²) in [6.45, 7) is 4.60. The average molecular weight is 458 g/mol. The summed E-state index contributed by atoms with van der Waals surface area (Å²) in [5, 5.41) is 22.1. The van der Waals surface area contributed by atoms with Crippen molar-refractivity contribution in [3.8, 4) is 5.75 Å². The second kappa shape index (κ2) is 9.23. The molecule has 0 saturated carbocycles. The van der Waals surface area contributed by atoms with E-state index >= 15 is 0 Å². The van der Waals surface area contributed by atoms with Crippen LogP contribution in [0.4, 0.5) is 5.69 Å². The van der Waals surface area contributed by atoms with Crippen molar-refractivity contribution < 1.29 is 23.4 Å². The Labute approximate surface area is 184 Å². The number of carbonyl (C=O) groups is 1. The molecule has 0 radical (unpaired) electrons. The fourth-order valence-corrected chi connectivity index (χ4v) is 4.21. The van der Waals surface area contributed by atoms with Crippen LogP contribution in [-0.2, 0) is 16.6 Å². The molecule has 4 rings (SSSR count). The Hall–Kier alpha value is -3.66. The van der Waals surface area contributed by atoms with Gasteiger partial charge in [-0.15, -0.1) is 4.40 Å². The van der Waals surface area contributed by atoms with Crippen LogP contribution in [0.25, 0.3) is 10.9 Å². The van der Waals surface area contributed by atoms with Gasteiger partial charge in [-0.25, -0.2) is 4.79 Å². The first-order valence-corrected chi connectivity index (χ1v) is 11.3. The first-order valence-electron chi connectivity index (χ1n) is 9.85. The van der Waals surface area contributed by atoms with E-state index in [1.54, 1.807) is 30.3 Å². The highest BCUT2D eigenvalue weighted by molar-refractivity contribution is 7.90. The SMILES string of the molecule is CC(C)CCn1c(=O)cc(O)c2c(C(=O)O)cccc21.O=S1(=O)N=CNc2ccccc21. The summed E-state index contributed by atoms with van der Waals surface area (Å²) in [5.41, 5.74) is 0.708. The smallest absolute Gasteiger partial charge is 0.336 e. The third-order valence-corrected chi connectivity index (χ3v) is 6.15. The number of pyridine rings is 1. The number of para-hydroxylation sites is 1. The summed E-state index contributed by atoms with van der Waals surface area (Å²) < 4.78 is 27.3. The molecule has 1 aliphatic rings. The van der Waals surface area contributed by atoms with Gasteiger partial charge in [0.2, 0.25) is 0 Å². The van der Waals surface area contributed by atoms with Gasteiger partial charge >= 0.3 is 5.97 Å². The summed E-state index contributed by atoms with van der Waals surface area (Å²) in [6.07, 6.45) is 1.98. The highest BCUT2D eigenvalue weighted by Gasteiger charge is 2.19. The Bertz CT molecular complexity index is 1360. The van der Waals surface area contributed by atoms with Crippen LogP contribution in [0.3, 0.4) is 0 Å². The summed E-state index contributed by atoms with van der Waals surface area (Å²) >= 11 is 0. The molecule has 1 aromatic heterocycles. The molecule has 9 nitrogen and oxygen atoms in total. The van der Waals surface area contributed by atoms with Crippen LogP contribution < -0.4 is 10.9 Å². The predicted molar refractivity (Wildman–Crippen MR) is 122 cm³/mol. The van der Waals surface area contributed by atoms with Gasteiger partial charge < -0.3 is 20.1 Å². The lowest BCUT2D eigenvalue weighted by Crippen LogP contribution is -2.21. The van der Waals surface area contributed by atoms with Crippen molar-refractivity contribution in [3.63, 3.8) is 0 Å². The molecule has 0 fully saturated rings. The van der Waals surface area contributed by atoms with Gasteiger partial charge in [0.1, 0.15) is 17.0 Å². The summed E-state index contributed by atoms with van der Waals surface area (Å²) in [6, 6.07) is 12.4. The average Bonchev–Trinajstić information content (AvgIpc) is 2.73. The van der Waals surface area contributed by atoms with E-state index in [-0.39, 0.29) is 27.2 Å². The molecule has 3 N–H and O–H groups in total. The van der Waals surface area contributed by atoms with Gasteiger partial charge in [0, 0.05) is 12.6 Å². The number of rotatable bonds is 4. The molecule has 0 saturated heterocycles. The molecule has 0 spiro atoms. The van der Waals surface area contributed by atoms with Crippen LogP contribution in [0, 0.1) is 5.92 Å². The molecular weight excluding hydrogens is 434 g/mol. The van der Waals surface area contributed by atoms with Gasteiger partial charge in [0.05, 0.1) is 22.2 Å². The number of fused-ring (bicyclic) bond motifs is 2. The number of carboxylic acids is 1. The predicted octanol–water partition coefficient (Wildman–Crippen LogP) is 3.28. The molecule has 2 aromatic carbocycles. The molecule has 0 amide bonds. The summed E-state index contributed by atoms with van der Waals surface area (Å²) in [7, 11) is -3.44. The van der Waals surface area contributed by atoms with Crippen molar-refractivity contribution in [1.29, 1.82) is 0 Å². The molecule has 3 aromatic rings. The summed E-state index contributed by atoms with van der Waals surface area (Å²) in [4.78, 5) is 23.5. The van der Waals surface area contributed by atoms with E-state index < -0.39 is 16.0 Å². The Morgan fingerprint density at radius 1 is 1.16 bits per heavy atom. The molecule has 0 aliphatic carbocycles. The zero-order valence-corrected chi connectivity index (χ0v) is 18.3. The maximum absolute atomic E-state index is 12.0. The largest absolute Gasteiger partial charge is 0.507 e. The number of nitrogens with one attached hydrogen (secondary N) is 1. The van der Waals surface area contributed by atoms with Crippen LogP contribution >= 0.6 is 0 Å². The van der Waals surface area contributed by atoms with Gasteiger partial charge in [-0.05, 0) is 36.6 Å². The van der Waals surface area contributed by atoms with Crippen molar-refractivity contribution in [3.05, 3.63) is 64.4 Å². The molecule has 168 valence electrons. The van der Waals surface area contributed by atoms with E-state index in [0.29, 0.717) is 23.7 Å². The topological polar surface area (TPSA) is 138 Å². The first-order chi connectivity index (χ1) is 15.1. The lowest BCUT2D eigenvalue weighted by molar-refractivity contribution is 0.0698. The molecule has 0 unspecified atom stereocenters. The number of hydrogen-bond donors (Lipinski definition) is 3. The Kier molecular flexibility index (Phi) is 6.64. The Morgan fingerprint density at radius 3 is 2.53 bits per heavy atom. The van der Waals surface area contributed by atoms with E-state index in [9.17, 15) is 28.2 Å². The maximum atomic E-state index is 12.0. The zero-order valence-electron chi connectivity index (χ0n) is 17.5. The standard InChI is InChI=1S/C15H17NO4.C7H6N2O2S/c1-9(2)6-7-16-11-5-3-4-10(15(19)20)14(11)12(17)8-13(16)18;10-12(11)7-4-2-1-3-6(7)8-5-9-12/h3-5,8-9,17H,6-7H2,1-2H3,(H,19,20);1-5H,(H,8,9). The second-order valence-electron chi connectivity index (χ2n) is 7.56. The molecule has 0 bridgehead atoms. The number of hydrogen-bond acceptors (Lipinski definition) is 6. The number of aromatic nitrogens is 1. The van der Waals surface area contributed by atoms with Crippen LogP contribution in [0.15, 0.2) is 62.6 Å². The zero-order chi connectivity index (χ0) is 23.5. The van der Waals surface area contributed by atoms with Gasteiger partial charge in [-0.2, -0.15) is 8.42 Å². The van der Waals surface area contributed by atoms with Crippen LogP contribution in [0.1, 0.15) is 30.6 Å². The molecule has 0 atom stereocenters. The van der Waals surface area contributed by atoms with Crippen molar-refractivity contribution in [2.75, 3.05) is 5.32 Å².